The van der Waals surface area contributed by atoms with Crippen molar-refractivity contribution < 1.29 is 14.7 Å². The highest BCUT2D eigenvalue weighted by atomic mass is 16.3. The molecule has 0 bridgehead atoms. The van der Waals surface area contributed by atoms with E-state index < -0.39 is 11.8 Å². The fraction of sp³-hybridized carbons (Fsp3) is 0.304. The molecule has 2 amide bonds. The summed E-state index contributed by atoms with van der Waals surface area (Å²) in [6, 6.07) is 15.1. The third-order valence-corrected chi connectivity index (χ3v) is 4.98. The Hall–Kier alpha value is -3.08. The molecule has 0 atom stereocenters. The second-order valence-electron chi connectivity index (χ2n) is 7.66. The highest BCUT2D eigenvalue weighted by molar-refractivity contribution is 6.29. The summed E-state index contributed by atoms with van der Waals surface area (Å²) in [6.45, 7) is 8.26. The van der Waals surface area contributed by atoms with E-state index in [-0.39, 0.29) is 23.8 Å². The average Bonchev–Trinajstić information content (AvgIpc) is 2.96. The van der Waals surface area contributed by atoms with Gasteiger partial charge in [0.2, 0.25) is 0 Å². The van der Waals surface area contributed by atoms with E-state index in [0.717, 1.165) is 11.1 Å². The van der Waals surface area contributed by atoms with Crippen molar-refractivity contribution >= 4 is 23.2 Å². The van der Waals surface area contributed by atoms with E-state index in [2.05, 4.69) is 19.2 Å². The predicted octanol–water partition coefficient (Wildman–Crippen LogP) is 4.73. The molecule has 28 heavy (non-hydrogen) atoms. The number of anilines is 2. The zero-order valence-electron chi connectivity index (χ0n) is 16.7. The van der Waals surface area contributed by atoms with Crippen molar-refractivity contribution in [3.63, 3.8) is 0 Å². The molecule has 1 aliphatic heterocycles. The van der Waals surface area contributed by atoms with Gasteiger partial charge in [0.25, 0.3) is 11.8 Å². The summed E-state index contributed by atoms with van der Waals surface area (Å²) in [4.78, 5) is 27.0. The Balaban J connectivity index is 1.80. The number of hydrogen-bond donors (Lipinski definition) is 2. The number of carbonyl (C=O) groups is 2. The molecule has 1 aliphatic rings. The van der Waals surface area contributed by atoms with Crippen molar-refractivity contribution in [2.24, 2.45) is 0 Å². The number of para-hydroxylation sites is 1. The van der Waals surface area contributed by atoms with Crippen LogP contribution in [0.5, 0.6) is 0 Å². The maximum atomic E-state index is 12.8. The minimum Gasteiger partial charge on any atom is -0.509 e. The maximum Gasteiger partial charge on any atom is 0.267 e. The standard InChI is InChI=1S/C23H26N2O3/c1-14(2)16-9-11-17(12-10-16)25-13-20(26)21(23(25)28)22(27)24-19-8-6-5-7-18(19)15(3)4/h5-12,14-15,26H,13H2,1-4H3,(H,24,27). The van der Waals surface area contributed by atoms with E-state index in [1.54, 1.807) is 6.07 Å². The van der Waals surface area contributed by atoms with Gasteiger partial charge >= 0.3 is 0 Å². The first-order valence-electron chi connectivity index (χ1n) is 9.53. The Morgan fingerprint density at radius 2 is 1.64 bits per heavy atom. The lowest BCUT2D eigenvalue weighted by Crippen LogP contribution is -2.30. The summed E-state index contributed by atoms with van der Waals surface area (Å²) in [5.41, 5.74) is 3.24. The van der Waals surface area contributed by atoms with Crippen LogP contribution < -0.4 is 10.2 Å². The smallest absolute Gasteiger partial charge is 0.267 e. The molecule has 0 aliphatic carbocycles. The highest BCUT2D eigenvalue weighted by Crippen LogP contribution is 2.29. The lowest BCUT2D eigenvalue weighted by molar-refractivity contribution is -0.119. The molecule has 2 aromatic carbocycles. The Morgan fingerprint density at radius 1 is 1.00 bits per heavy atom. The summed E-state index contributed by atoms with van der Waals surface area (Å²) in [6.07, 6.45) is 0. The largest absolute Gasteiger partial charge is 0.509 e. The van der Waals surface area contributed by atoms with Crippen molar-refractivity contribution in [2.45, 2.75) is 39.5 Å². The van der Waals surface area contributed by atoms with E-state index in [1.165, 1.54) is 4.90 Å². The number of aliphatic hydroxyl groups is 1. The topological polar surface area (TPSA) is 69.6 Å². The highest BCUT2D eigenvalue weighted by Gasteiger charge is 2.36. The quantitative estimate of drug-likeness (QED) is 0.739. The summed E-state index contributed by atoms with van der Waals surface area (Å²) >= 11 is 0. The Morgan fingerprint density at radius 3 is 2.25 bits per heavy atom. The Bertz CT molecular complexity index is 927. The van der Waals surface area contributed by atoms with Crippen molar-refractivity contribution in [3.8, 4) is 0 Å². The van der Waals surface area contributed by atoms with E-state index in [0.29, 0.717) is 17.3 Å². The van der Waals surface area contributed by atoms with Gasteiger partial charge in [-0.3, -0.25) is 9.59 Å². The normalized spacial score (nSPS) is 14.4. The monoisotopic (exact) mass is 378 g/mol. The number of rotatable bonds is 5. The number of nitrogens with zero attached hydrogens (tertiary/aromatic N) is 1. The van der Waals surface area contributed by atoms with Gasteiger partial charge in [-0.05, 0) is 41.2 Å². The second kappa shape index (κ2) is 7.89. The van der Waals surface area contributed by atoms with Crippen LogP contribution in [0.1, 0.15) is 50.7 Å². The van der Waals surface area contributed by atoms with Crippen LogP contribution in [0.15, 0.2) is 59.9 Å². The van der Waals surface area contributed by atoms with Crippen molar-refractivity contribution in [1.29, 1.82) is 0 Å². The average molecular weight is 378 g/mol. The van der Waals surface area contributed by atoms with Crippen LogP contribution in [0.4, 0.5) is 11.4 Å². The van der Waals surface area contributed by atoms with E-state index in [1.807, 2.05) is 56.3 Å². The van der Waals surface area contributed by atoms with Gasteiger partial charge in [-0.2, -0.15) is 0 Å². The molecular weight excluding hydrogens is 352 g/mol. The van der Waals surface area contributed by atoms with Crippen LogP contribution in [0.25, 0.3) is 0 Å². The second-order valence-corrected chi connectivity index (χ2v) is 7.66. The molecule has 0 aromatic heterocycles. The zero-order valence-corrected chi connectivity index (χ0v) is 16.7. The van der Waals surface area contributed by atoms with Crippen LogP contribution in [-0.2, 0) is 9.59 Å². The first-order chi connectivity index (χ1) is 13.3. The summed E-state index contributed by atoms with van der Waals surface area (Å²) in [5.74, 6) is -0.685. The molecule has 0 radical (unpaired) electrons. The van der Waals surface area contributed by atoms with E-state index >= 15 is 0 Å². The number of amides is 2. The number of nitrogens with one attached hydrogen (secondary N) is 1. The fourth-order valence-electron chi connectivity index (χ4n) is 3.33. The lowest BCUT2D eigenvalue weighted by atomic mass is 10.0. The summed E-state index contributed by atoms with van der Waals surface area (Å²) in [5, 5.41) is 13.1. The molecule has 0 unspecified atom stereocenters. The number of aliphatic hydroxyl groups excluding tert-OH is 1. The molecule has 0 saturated heterocycles. The van der Waals surface area contributed by atoms with Crippen LogP contribution >= 0.6 is 0 Å². The minimum absolute atomic E-state index is 0.00552. The van der Waals surface area contributed by atoms with Crippen molar-refractivity contribution in [3.05, 3.63) is 71.0 Å². The first-order valence-corrected chi connectivity index (χ1v) is 9.53. The SMILES string of the molecule is CC(C)c1ccc(N2CC(O)=C(C(=O)Nc3ccccc3C(C)C)C2=O)cc1. The van der Waals surface area contributed by atoms with Gasteiger partial charge in [0.05, 0.1) is 6.54 Å². The van der Waals surface area contributed by atoms with Gasteiger partial charge in [0.1, 0.15) is 11.3 Å². The summed E-state index contributed by atoms with van der Waals surface area (Å²) < 4.78 is 0. The van der Waals surface area contributed by atoms with Gasteiger partial charge < -0.3 is 15.3 Å². The Kier molecular flexibility index (Phi) is 5.54. The minimum atomic E-state index is -0.586. The summed E-state index contributed by atoms with van der Waals surface area (Å²) in [7, 11) is 0. The first kappa shape index (κ1) is 19.7. The molecular formula is C23H26N2O3. The fourth-order valence-corrected chi connectivity index (χ4v) is 3.33. The van der Waals surface area contributed by atoms with E-state index in [9.17, 15) is 14.7 Å². The molecule has 0 spiro atoms. The molecule has 3 rings (SSSR count). The molecule has 0 fully saturated rings. The number of benzene rings is 2. The third kappa shape index (κ3) is 3.79. The van der Waals surface area contributed by atoms with Gasteiger partial charge in [0, 0.05) is 11.4 Å². The Labute approximate surface area is 165 Å². The van der Waals surface area contributed by atoms with Crippen molar-refractivity contribution in [1.82, 2.24) is 0 Å². The van der Waals surface area contributed by atoms with Crippen LogP contribution in [-0.4, -0.2) is 23.5 Å². The zero-order chi connectivity index (χ0) is 20.4. The molecule has 5 nitrogen and oxygen atoms in total. The number of hydrogen-bond acceptors (Lipinski definition) is 3. The van der Waals surface area contributed by atoms with Crippen molar-refractivity contribution in [2.75, 3.05) is 16.8 Å². The van der Waals surface area contributed by atoms with Gasteiger partial charge in [-0.25, -0.2) is 0 Å². The molecule has 1 heterocycles. The number of carbonyl (C=O) groups excluding carboxylic acids is 2. The molecule has 2 N–H and O–H groups in total. The molecule has 146 valence electrons. The van der Waals surface area contributed by atoms with Gasteiger partial charge in [-0.15, -0.1) is 0 Å². The van der Waals surface area contributed by atoms with Gasteiger partial charge in [0.15, 0.2) is 0 Å². The predicted molar refractivity (Wildman–Crippen MR) is 112 cm³/mol. The molecule has 2 aromatic rings. The molecule has 0 saturated carbocycles. The molecule has 5 heteroatoms. The van der Waals surface area contributed by atoms with Crippen LogP contribution in [0, 0.1) is 0 Å². The van der Waals surface area contributed by atoms with E-state index in [4.69, 9.17) is 0 Å². The van der Waals surface area contributed by atoms with Gasteiger partial charge in [-0.1, -0.05) is 58.0 Å². The van der Waals surface area contributed by atoms with Crippen LogP contribution in [0.3, 0.4) is 0 Å². The van der Waals surface area contributed by atoms with Crippen LogP contribution in [0.2, 0.25) is 0 Å². The lowest BCUT2D eigenvalue weighted by Gasteiger charge is -2.17. The maximum absolute atomic E-state index is 12.8. The third-order valence-electron chi connectivity index (χ3n) is 4.98.